The minimum Gasteiger partial charge on any atom is -0.496 e. The van der Waals surface area contributed by atoms with Crippen LogP contribution in [0.15, 0.2) is 40.9 Å². The number of hydrogen-bond acceptors (Lipinski definition) is 2. The number of ether oxygens (including phenoxy) is 1. The van der Waals surface area contributed by atoms with Crippen LogP contribution >= 0.6 is 27.5 Å². The Hall–Kier alpha value is -1.10. The predicted octanol–water partition coefficient (Wildman–Crippen LogP) is 4.33. The average Bonchev–Trinajstić information content (AvgIpc) is 2.38. The van der Waals surface area contributed by atoms with Gasteiger partial charge in [-0.15, -0.1) is 0 Å². The Labute approximate surface area is 123 Å². The van der Waals surface area contributed by atoms with Gasteiger partial charge in [0.1, 0.15) is 17.7 Å². The largest absolute Gasteiger partial charge is 0.496 e. The fourth-order valence-corrected chi connectivity index (χ4v) is 2.47. The van der Waals surface area contributed by atoms with Gasteiger partial charge < -0.3 is 9.84 Å². The van der Waals surface area contributed by atoms with Gasteiger partial charge in [0.2, 0.25) is 0 Å². The van der Waals surface area contributed by atoms with Crippen LogP contribution in [0, 0.1) is 5.82 Å². The van der Waals surface area contributed by atoms with Crippen molar-refractivity contribution in [1.29, 1.82) is 0 Å². The maximum atomic E-state index is 13.8. The number of aliphatic hydroxyl groups excluding tert-OH is 1. The summed E-state index contributed by atoms with van der Waals surface area (Å²) >= 11 is 9.01. The molecule has 1 unspecified atom stereocenters. The van der Waals surface area contributed by atoms with Crippen LogP contribution < -0.4 is 4.74 Å². The van der Waals surface area contributed by atoms with Crippen molar-refractivity contribution in [2.75, 3.05) is 7.11 Å². The third-order valence-corrected chi connectivity index (χ3v) is 3.60. The number of halogens is 3. The van der Waals surface area contributed by atoms with Crippen LogP contribution in [0.1, 0.15) is 17.2 Å². The summed E-state index contributed by atoms with van der Waals surface area (Å²) in [5.41, 5.74) is 0.746. The average molecular weight is 346 g/mol. The smallest absolute Gasteiger partial charge is 0.133 e. The lowest BCUT2D eigenvalue weighted by Gasteiger charge is -2.14. The van der Waals surface area contributed by atoms with E-state index in [0.29, 0.717) is 20.8 Å². The van der Waals surface area contributed by atoms with Crippen LogP contribution in [0.2, 0.25) is 5.02 Å². The third-order valence-electron chi connectivity index (χ3n) is 2.75. The van der Waals surface area contributed by atoms with Gasteiger partial charge in [-0.3, -0.25) is 0 Å². The highest BCUT2D eigenvalue weighted by molar-refractivity contribution is 9.10. The summed E-state index contributed by atoms with van der Waals surface area (Å²) in [4.78, 5) is 0. The molecule has 2 rings (SSSR count). The number of benzene rings is 2. The minimum absolute atomic E-state index is 0.182. The predicted molar refractivity (Wildman–Crippen MR) is 76.2 cm³/mol. The van der Waals surface area contributed by atoms with Crippen molar-refractivity contribution < 1.29 is 14.2 Å². The zero-order chi connectivity index (χ0) is 14.0. The molecule has 0 aliphatic rings. The summed E-state index contributed by atoms with van der Waals surface area (Å²) in [5, 5.41) is 10.5. The van der Waals surface area contributed by atoms with Crippen molar-refractivity contribution in [3.8, 4) is 5.75 Å². The molecule has 0 aliphatic carbocycles. The number of hydrogen-bond donors (Lipinski definition) is 1. The molecule has 0 saturated carbocycles. The van der Waals surface area contributed by atoms with Gasteiger partial charge in [0.15, 0.2) is 0 Å². The third kappa shape index (κ3) is 3.08. The Morgan fingerprint density at radius 3 is 2.58 bits per heavy atom. The van der Waals surface area contributed by atoms with Crippen molar-refractivity contribution in [2.24, 2.45) is 0 Å². The zero-order valence-corrected chi connectivity index (χ0v) is 12.4. The SMILES string of the molecule is COc1ccc(C(O)c2ccc(Cl)cc2F)cc1Br. The summed E-state index contributed by atoms with van der Waals surface area (Å²) in [6.07, 6.45) is -1.06. The van der Waals surface area contributed by atoms with E-state index in [4.69, 9.17) is 16.3 Å². The van der Waals surface area contributed by atoms with Crippen molar-refractivity contribution >= 4 is 27.5 Å². The molecular formula is C14H11BrClFO2. The highest BCUT2D eigenvalue weighted by Crippen LogP contribution is 2.31. The first kappa shape index (κ1) is 14.3. The van der Waals surface area contributed by atoms with Gasteiger partial charge in [0.05, 0.1) is 11.6 Å². The van der Waals surface area contributed by atoms with Crippen LogP contribution in [0.5, 0.6) is 5.75 Å². The van der Waals surface area contributed by atoms with Gasteiger partial charge in [-0.25, -0.2) is 4.39 Å². The maximum Gasteiger partial charge on any atom is 0.133 e. The highest BCUT2D eigenvalue weighted by atomic mass is 79.9. The zero-order valence-electron chi connectivity index (χ0n) is 10.0. The quantitative estimate of drug-likeness (QED) is 0.897. The summed E-state index contributed by atoms with van der Waals surface area (Å²) in [6, 6.07) is 9.28. The summed E-state index contributed by atoms with van der Waals surface area (Å²) in [5.74, 6) is 0.111. The minimum atomic E-state index is -1.06. The first-order valence-corrected chi connectivity index (χ1v) is 6.66. The Kier molecular flexibility index (Phi) is 4.45. The van der Waals surface area contributed by atoms with E-state index in [1.165, 1.54) is 12.1 Å². The van der Waals surface area contributed by atoms with Gasteiger partial charge in [0, 0.05) is 10.6 Å². The number of rotatable bonds is 3. The van der Waals surface area contributed by atoms with E-state index in [9.17, 15) is 9.50 Å². The second-order valence-corrected chi connectivity index (χ2v) is 5.25. The van der Waals surface area contributed by atoms with Crippen LogP contribution in [-0.2, 0) is 0 Å². The first-order valence-electron chi connectivity index (χ1n) is 5.49. The number of methoxy groups -OCH3 is 1. The molecule has 0 aliphatic heterocycles. The van der Waals surface area contributed by atoms with Crippen molar-refractivity contribution in [3.63, 3.8) is 0 Å². The second kappa shape index (κ2) is 5.90. The van der Waals surface area contributed by atoms with E-state index in [1.807, 2.05) is 0 Å². The molecule has 0 radical (unpaired) electrons. The van der Waals surface area contributed by atoms with E-state index < -0.39 is 11.9 Å². The second-order valence-electron chi connectivity index (χ2n) is 3.96. The van der Waals surface area contributed by atoms with Gasteiger partial charge in [-0.2, -0.15) is 0 Å². The first-order chi connectivity index (χ1) is 9.02. The van der Waals surface area contributed by atoms with Gasteiger partial charge in [-0.05, 0) is 45.8 Å². The molecule has 0 bridgehead atoms. The van der Waals surface area contributed by atoms with E-state index >= 15 is 0 Å². The molecule has 0 aromatic heterocycles. The van der Waals surface area contributed by atoms with E-state index in [-0.39, 0.29) is 5.56 Å². The van der Waals surface area contributed by atoms with Crippen molar-refractivity contribution in [3.05, 3.63) is 62.8 Å². The Morgan fingerprint density at radius 2 is 2.00 bits per heavy atom. The molecule has 0 saturated heterocycles. The molecule has 0 amide bonds. The lowest BCUT2D eigenvalue weighted by molar-refractivity contribution is 0.215. The molecule has 2 aromatic rings. The molecule has 1 N–H and O–H groups in total. The van der Waals surface area contributed by atoms with E-state index in [2.05, 4.69) is 15.9 Å². The number of aliphatic hydroxyl groups is 1. The molecular weight excluding hydrogens is 335 g/mol. The summed E-state index contributed by atoms with van der Waals surface area (Å²) in [7, 11) is 1.55. The standard InChI is InChI=1S/C14H11BrClFO2/c1-19-13-5-2-8(6-11(13)15)14(18)10-4-3-9(16)7-12(10)17/h2-7,14,18H,1H3. The molecule has 100 valence electrons. The molecule has 1 atom stereocenters. The fraction of sp³-hybridized carbons (Fsp3) is 0.143. The summed E-state index contributed by atoms with van der Waals surface area (Å²) in [6.45, 7) is 0. The monoisotopic (exact) mass is 344 g/mol. The van der Waals surface area contributed by atoms with Crippen LogP contribution in [0.4, 0.5) is 4.39 Å². The molecule has 5 heteroatoms. The van der Waals surface area contributed by atoms with Crippen LogP contribution in [0.25, 0.3) is 0 Å². The van der Waals surface area contributed by atoms with Gasteiger partial charge in [0.25, 0.3) is 0 Å². The van der Waals surface area contributed by atoms with Gasteiger partial charge in [-0.1, -0.05) is 23.7 Å². The molecule has 2 nitrogen and oxygen atoms in total. The summed E-state index contributed by atoms with van der Waals surface area (Å²) < 4.78 is 19.6. The molecule has 0 fully saturated rings. The lowest BCUT2D eigenvalue weighted by Crippen LogP contribution is -2.03. The molecule has 0 spiro atoms. The Bertz CT molecular complexity index is 604. The van der Waals surface area contributed by atoms with Crippen LogP contribution in [0.3, 0.4) is 0 Å². The van der Waals surface area contributed by atoms with Crippen molar-refractivity contribution in [1.82, 2.24) is 0 Å². The van der Waals surface area contributed by atoms with E-state index in [0.717, 1.165) is 0 Å². The fourth-order valence-electron chi connectivity index (χ4n) is 1.76. The highest BCUT2D eigenvalue weighted by Gasteiger charge is 2.16. The Balaban J connectivity index is 2.38. The molecule has 2 aromatic carbocycles. The Morgan fingerprint density at radius 1 is 1.26 bits per heavy atom. The molecule has 19 heavy (non-hydrogen) atoms. The van der Waals surface area contributed by atoms with E-state index in [1.54, 1.807) is 31.4 Å². The molecule has 0 heterocycles. The topological polar surface area (TPSA) is 29.5 Å². The lowest BCUT2D eigenvalue weighted by atomic mass is 10.0. The normalized spacial score (nSPS) is 12.3. The maximum absolute atomic E-state index is 13.8. The van der Waals surface area contributed by atoms with Gasteiger partial charge >= 0.3 is 0 Å². The van der Waals surface area contributed by atoms with Crippen molar-refractivity contribution in [2.45, 2.75) is 6.10 Å². The van der Waals surface area contributed by atoms with Crippen LogP contribution in [-0.4, -0.2) is 12.2 Å².